The number of aliphatic hydroxyl groups excluding tert-OH is 1. The Labute approximate surface area is 100 Å². The van der Waals surface area contributed by atoms with Crippen LogP contribution in [0.1, 0.15) is 31.4 Å². The van der Waals surface area contributed by atoms with Crippen LogP contribution in [0.15, 0.2) is 23.4 Å². The number of thioether (sulfide) groups is 1. The molecule has 0 saturated carbocycles. The first kappa shape index (κ1) is 11.9. The predicted molar refractivity (Wildman–Crippen MR) is 64.6 cm³/mol. The molecule has 1 aliphatic rings. The third-order valence-corrected chi connectivity index (χ3v) is 3.83. The summed E-state index contributed by atoms with van der Waals surface area (Å²) in [5, 5.41) is 10.5. The maximum absolute atomic E-state index is 9.61. The van der Waals surface area contributed by atoms with E-state index in [-0.39, 0.29) is 0 Å². The van der Waals surface area contributed by atoms with Gasteiger partial charge in [0, 0.05) is 24.1 Å². The number of aliphatic hydroxyl groups is 1. The van der Waals surface area contributed by atoms with Crippen LogP contribution in [0.5, 0.6) is 0 Å². The lowest BCUT2D eigenvalue weighted by Gasteiger charge is -2.12. The Morgan fingerprint density at radius 3 is 3.25 bits per heavy atom. The lowest BCUT2D eigenvalue weighted by atomic mass is 10.2. The van der Waals surface area contributed by atoms with Gasteiger partial charge in [-0.3, -0.25) is 0 Å². The average molecular weight is 239 g/mol. The first-order valence-corrected chi connectivity index (χ1v) is 6.63. The molecule has 1 aromatic heterocycles. The molecule has 0 spiro atoms. The number of pyridine rings is 1. The third kappa shape index (κ3) is 2.97. The van der Waals surface area contributed by atoms with Gasteiger partial charge in [0.05, 0.1) is 12.2 Å². The molecule has 1 N–H and O–H groups in total. The van der Waals surface area contributed by atoms with Crippen molar-refractivity contribution in [1.82, 2.24) is 4.98 Å². The molecule has 1 unspecified atom stereocenters. The minimum atomic E-state index is -0.458. The monoisotopic (exact) mass is 239 g/mol. The standard InChI is InChI=1S/C12H17NO2S/c1-9(14)11-5-2-6-13-12(11)16-8-10-4-3-7-15-10/h2,5-6,9-10,14H,3-4,7-8H2,1H3/t9-,10?/m0/s1. The number of nitrogens with zero attached hydrogens (tertiary/aromatic N) is 1. The topological polar surface area (TPSA) is 42.4 Å². The van der Waals surface area contributed by atoms with E-state index in [1.54, 1.807) is 24.9 Å². The van der Waals surface area contributed by atoms with Crippen molar-refractivity contribution in [3.8, 4) is 0 Å². The SMILES string of the molecule is C[C@H](O)c1cccnc1SCC1CCCO1. The van der Waals surface area contributed by atoms with Crippen molar-refractivity contribution in [3.63, 3.8) is 0 Å². The molecule has 0 radical (unpaired) electrons. The Kier molecular flexibility index (Phi) is 4.21. The average Bonchev–Trinajstić information content (AvgIpc) is 2.79. The second-order valence-corrected chi connectivity index (χ2v) is 5.03. The maximum Gasteiger partial charge on any atom is 0.102 e. The molecule has 0 amide bonds. The minimum Gasteiger partial charge on any atom is -0.389 e. The first-order chi connectivity index (χ1) is 7.77. The Morgan fingerprint density at radius 2 is 2.56 bits per heavy atom. The van der Waals surface area contributed by atoms with E-state index in [1.807, 2.05) is 12.1 Å². The van der Waals surface area contributed by atoms with E-state index in [4.69, 9.17) is 4.74 Å². The second-order valence-electron chi connectivity index (χ2n) is 4.02. The van der Waals surface area contributed by atoms with Crippen molar-refractivity contribution in [2.24, 2.45) is 0 Å². The highest BCUT2D eigenvalue weighted by molar-refractivity contribution is 7.99. The number of aromatic nitrogens is 1. The van der Waals surface area contributed by atoms with Crippen LogP contribution in [0.4, 0.5) is 0 Å². The van der Waals surface area contributed by atoms with Gasteiger partial charge >= 0.3 is 0 Å². The van der Waals surface area contributed by atoms with Gasteiger partial charge in [0.1, 0.15) is 5.03 Å². The van der Waals surface area contributed by atoms with Gasteiger partial charge < -0.3 is 9.84 Å². The Bertz CT molecular complexity index is 338. The van der Waals surface area contributed by atoms with Crippen molar-refractivity contribution < 1.29 is 9.84 Å². The zero-order valence-corrected chi connectivity index (χ0v) is 10.2. The lowest BCUT2D eigenvalue weighted by Crippen LogP contribution is -2.08. The zero-order valence-electron chi connectivity index (χ0n) is 9.43. The Balaban J connectivity index is 1.97. The van der Waals surface area contributed by atoms with Crippen LogP contribution in [0.3, 0.4) is 0 Å². The fourth-order valence-electron chi connectivity index (χ4n) is 1.79. The van der Waals surface area contributed by atoms with E-state index in [0.29, 0.717) is 6.10 Å². The summed E-state index contributed by atoms with van der Waals surface area (Å²) < 4.78 is 5.56. The highest BCUT2D eigenvalue weighted by Gasteiger charge is 2.17. The van der Waals surface area contributed by atoms with Gasteiger partial charge in [-0.05, 0) is 25.8 Å². The van der Waals surface area contributed by atoms with E-state index in [1.165, 1.54) is 0 Å². The molecule has 0 aliphatic carbocycles. The van der Waals surface area contributed by atoms with Gasteiger partial charge in [0.25, 0.3) is 0 Å². The largest absolute Gasteiger partial charge is 0.389 e. The molecule has 4 heteroatoms. The van der Waals surface area contributed by atoms with Crippen LogP contribution >= 0.6 is 11.8 Å². The molecule has 16 heavy (non-hydrogen) atoms. The van der Waals surface area contributed by atoms with Crippen LogP contribution < -0.4 is 0 Å². The van der Waals surface area contributed by atoms with E-state index in [9.17, 15) is 5.11 Å². The van der Waals surface area contributed by atoms with E-state index < -0.39 is 6.10 Å². The van der Waals surface area contributed by atoms with Crippen molar-refractivity contribution >= 4 is 11.8 Å². The third-order valence-electron chi connectivity index (χ3n) is 2.68. The summed E-state index contributed by atoms with van der Waals surface area (Å²) in [6.07, 6.45) is 3.97. The van der Waals surface area contributed by atoms with Crippen LogP contribution in [-0.2, 0) is 4.74 Å². The molecule has 1 fully saturated rings. The lowest BCUT2D eigenvalue weighted by molar-refractivity contribution is 0.129. The van der Waals surface area contributed by atoms with E-state index in [2.05, 4.69) is 4.98 Å². The molecule has 0 aromatic carbocycles. The van der Waals surface area contributed by atoms with Crippen LogP contribution in [0, 0.1) is 0 Å². The van der Waals surface area contributed by atoms with Crippen LogP contribution in [-0.4, -0.2) is 28.6 Å². The van der Waals surface area contributed by atoms with Gasteiger partial charge in [-0.2, -0.15) is 0 Å². The van der Waals surface area contributed by atoms with Gasteiger partial charge in [-0.25, -0.2) is 4.98 Å². The van der Waals surface area contributed by atoms with Crippen molar-refractivity contribution in [2.45, 2.75) is 37.0 Å². The molecule has 1 aliphatic heterocycles. The summed E-state index contributed by atoms with van der Waals surface area (Å²) in [6, 6.07) is 3.79. The highest BCUT2D eigenvalue weighted by atomic mass is 32.2. The van der Waals surface area contributed by atoms with E-state index >= 15 is 0 Å². The molecule has 2 rings (SSSR count). The summed E-state index contributed by atoms with van der Waals surface area (Å²) in [7, 11) is 0. The van der Waals surface area contributed by atoms with Crippen molar-refractivity contribution in [1.29, 1.82) is 0 Å². The predicted octanol–water partition coefficient (Wildman–Crippen LogP) is 2.41. The molecule has 1 aromatic rings. The van der Waals surface area contributed by atoms with Crippen LogP contribution in [0.2, 0.25) is 0 Å². The first-order valence-electron chi connectivity index (χ1n) is 5.65. The molecule has 88 valence electrons. The van der Waals surface area contributed by atoms with Gasteiger partial charge in [0.2, 0.25) is 0 Å². The maximum atomic E-state index is 9.61. The van der Waals surface area contributed by atoms with Crippen molar-refractivity contribution in [2.75, 3.05) is 12.4 Å². The fraction of sp³-hybridized carbons (Fsp3) is 0.583. The van der Waals surface area contributed by atoms with E-state index in [0.717, 1.165) is 35.8 Å². The molecule has 0 bridgehead atoms. The molecule has 1 saturated heterocycles. The summed E-state index contributed by atoms with van der Waals surface area (Å²) in [4.78, 5) is 4.31. The number of ether oxygens (including phenoxy) is 1. The van der Waals surface area contributed by atoms with Crippen LogP contribution in [0.25, 0.3) is 0 Å². The molecule has 3 nitrogen and oxygen atoms in total. The molecular weight excluding hydrogens is 222 g/mol. The highest BCUT2D eigenvalue weighted by Crippen LogP contribution is 2.27. The van der Waals surface area contributed by atoms with Gasteiger partial charge in [-0.15, -0.1) is 11.8 Å². The summed E-state index contributed by atoms with van der Waals surface area (Å²) in [5.74, 6) is 0.927. The molecule has 2 atom stereocenters. The minimum absolute atomic E-state index is 0.355. The van der Waals surface area contributed by atoms with Gasteiger partial charge in [-0.1, -0.05) is 6.07 Å². The second kappa shape index (κ2) is 5.66. The smallest absolute Gasteiger partial charge is 0.102 e. The fourth-order valence-corrected chi connectivity index (χ4v) is 2.94. The summed E-state index contributed by atoms with van der Waals surface area (Å²) >= 11 is 1.68. The quantitative estimate of drug-likeness (QED) is 0.819. The normalized spacial score (nSPS) is 22.2. The zero-order chi connectivity index (χ0) is 11.4. The summed E-state index contributed by atoms with van der Waals surface area (Å²) in [5.41, 5.74) is 0.908. The summed E-state index contributed by atoms with van der Waals surface area (Å²) in [6.45, 7) is 2.66. The molecular formula is C12H17NO2S. The number of hydrogen-bond donors (Lipinski definition) is 1. The Morgan fingerprint density at radius 1 is 1.69 bits per heavy atom. The molecule has 2 heterocycles. The van der Waals surface area contributed by atoms with Crippen molar-refractivity contribution in [3.05, 3.63) is 23.9 Å². The number of rotatable bonds is 4. The number of hydrogen-bond acceptors (Lipinski definition) is 4. The Hall–Kier alpha value is -0.580. The van der Waals surface area contributed by atoms with Gasteiger partial charge in [0.15, 0.2) is 0 Å².